The lowest BCUT2D eigenvalue weighted by atomic mass is 10.1. The van der Waals surface area contributed by atoms with Gasteiger partial charge in [-0.05, 0) is 53.1 Å². The van der Waals surface area contributed by atoms with E-state index in [1.54, 1.807) is 12.1 Å². The van der Waals surface area contributed by atoms with Crippen LogP contribution in [-0.2, 0) is 0 Å². The Morgan fingerprint density at radius 3 is 2.88 bits per heavy atom. The second-order valence-corrected chi connectivity index (χ2v) is 6.28. The second kappa shape index (κ2) is 7.59. The predicted octanol–water partition coefficient (Wildman–Crippen LogP) is 4.10. The maximum absolute atomic E-state index is 11.8. The first kappa shape index (κ1) is 15.2. The molecule has 1 N–H and O–H groups in total. The van der Waals surface area contributed by atoms with Crippen LogP contribution in [0.4, 0.5) is 0 Å². The predicted molar refractivity (Wildman–Crippen MR) is 84.1 cm³/mol. The third-order valence-electron chi connectivity index (χ3n) is 2.39. The fourth-order valence-electron chi connectivity index (χ4n) is 1.29. The van der Waals surface area contributed by atoms with Crippen LogP contribution in [0.2, 0.25) is 5.02 Å². The molecule has 5 heteroatoms. The summed E-state index contributed by atoms with van der Waals surface area (Å²) in [4.78, 5) is 11.8. The molecule has 1 aromatic rings. The Morgan fingerprint density at radius 1 is 1.59 bits per heavy atom. The van der Waals surface area contributed by atoms with E-state index in [1.165, 1.54) is 0 Å². The summed E-state index contributed by atoms with van der Waals surface area (Å²) in [7, 11) is 0. The number of hydrogen-bond acceptors (Lipinski definition) is 1. The maximum Gasteiger partial charge on any atom is 0.251 e. The highest BCUT2D eigenvalue weighted by Crippen LogP contribution is 2.19. The van der Waals surface area contributed by atoms with Gasteiger partial charge in [0, 0.05) is 21.0 Å². The van der Waals surface area contributed by atoms with Gasteiger partial charge in [0.05, 0.1) is 5.02 Å². The normalized spacial score (nSPS) is 12.2. The van der Waals surface area contributed by atoms with Gasteiger partial charge in [0.25, 0.3) is 5.91 Å². The Kier molecular flexibility index (Phi) is 6.80. The fraction of sp³-hybridized carbons (Fsp3) is 0.417. The van der Waals surface area contributed by atoms with E-state index in [0.29, 0.717) is 23.0 Å². The molecule has 0 bridgehead atoms. The van der Waals surface area contributed by atoms with Crippen LogP contribution >= 0.6 is 50.1 Å². The number of rotatable bonds is 5. The Morgan fingerprint density at radius 2 is 2.29 bits per heavy atom. The lowest BCUT2D eigenvalue weighted by Gasteiger charge is -2.11. The summed E-state index contributed by atoms with van der Waals surface area (Å²) in [6, 6.07) is 5.34. The Hall–Kier alpha value is 0.190. The number of amides is 1. The van der Waals surface area contributed by atoms with Crippen LogP contribution in [0.1, 0.15) is 23.7 Å². The minimum Gasteiger partial charge on any atom is -0.352 e. The molecule has 0 heterocycles. The van der Waals surface area contributed by atoms with Crippen molar-refractivity contribution in [2.45, 2.75) is 13.3 Å². The number of nitrogens with one attached hydrogen (secondary N) is 1. The van der Waals surface area contributed by atoms with Crippen molar-refractivity contribution in [2.75, 3.05) is 11.9 Å². The number of halogens is 3. The molecule has 0 radical (unpaired) electrons. The maximum atomic E-state index is 11.8. The highest BCUT2D eigenvalue weighted by Gasteiger charge is 2.09. The molecule has 0 aliphatic carbocycles. The van der Waals surface area contributed by atoms with Crippen LogP contribution in [0.5, 0.6) is 0 Å². The zero-order valence-corrected chi connectivity index (χ0v) is 14.0. The topological polar surface area (TPSA) is 29.1 Å². The van der Waals surface area contributed by atoms with Gasteiger partial charge in [-0.3, -0.25) is 4.79 Å². The molecule has 0 aliphatic heterocycles. The van der Waals surface area contributed by atoms with E-state index in [0.717, 1.165) is 15.3 Å². The van der Waals surface area contributed by atoms with Gasteiger partial charge in [-0.25, -0.2) is 0 Å². The summed E-state index contributed by atoms with van der Waals surface area (Å²) in [6.45, 7) is 2.80. The zero-order valence-electron chi connectivity index (χ0n) is 9.47. The summed E-state index contributed by atoms with van der Waals surface area (Å²) in [5.74, 6) is 0.405. The van der Waals surface area contributed by atoms with Crippen LogP contribution in [0.15, 0.2) is 18.2 Å². The minimum atomic E-state index is -0.0651. The summed E-state index contributed by atoms with van der Waals surface area (Å²) < 4.78 is 0.952. The summed E-state index contributed by atoms with van der Waals surface area (Å²) in [6.07, 6.45) is 1.05. The third kappa shape index (κ3) is 5.14. The van der Waals surface area contributed by atoms with Crippen molar-refractivity contribution in [1.82, 2.24) is 5.32 Å². The molecule has 0 saturated carbocycles. The quantitative estimate of drug-likeness (QED) is 0.553. The number of hydrogen-bond donors (Lipinski definition) is 1. The smallest absolute Gasteiger partial charge is 0.251 e. The van der Waals surface area contributed by atoms with E-state index in [9.17, 15) is 4.79 Å². The lowest BCUT2D eigenvalue weighted by Crippen LogP contribution is -2.28. The summed E-state index contributed by atoms with van der Waals surface area (Å²) in [5.41, 5.74) is 0.612. The molecule has 1 unspecified atom stereocenters. The van der Waals surface area contributed by atoms with E-state index in [2.05, 4.69) is 50.8 Å². The average molecular weight is 431 g/mol. The molecule has 1 atom stereocenters. The van der Waals surface area contributed by atoms with Gasteiger partial charge in [0.1, 0.15) is 0 Å². The third-order valence-corrected chi connectivity index (χ3v) is 4.42. The van der Waals surface area contributed by atoms with E-state index in [1.807, 2.05) is 6.07 Å². The van der Waals surface area contributed by atoms with Gasteiger partial charge in [-0.1, -0.05) is 34.5 Å². The molecular formula is C12H14BrClINO. The number of benzene rings is 1. The van der Waals surface area contributed by atoms with Crippen molar-refractivity contribution in [1.29, 1.82) is 0 Å². The SMILES string of the molecule is CC(CCBr)CNC(=O)c1ccc(I)c(Cl)c1. The molecule has 0 aromatic heterocycles. The summed E-state index contributed by atoms with van der Waals surface area (Å²) >= 11 is 11.5. The van der Waals surface area contributed by atoms with Gasteiger partial charge >= 0.3 is 0 Å². The van der Waals surface area contributed by atoms with Crippen molar-refractivity contribution >= 4 is 56.0 Å². The van der Waals surface area contributed by atoms with Crippen LogP contribution in [-0.4, -0.2) is 17.8 Å². The molecular weight excluding hydrogens is 416 g/mol. The standard InChI is InChI=1S/C12H14BrClINO/c1-8(4-5-13)7-16-12(17)9-2-3-11(15)10(14)6-9/h2-3,6,8H,4-5,7H2,1H3,(H,16,17). The van der Waals surface area contributed by atoms with Gasteiger partial charge in [0.15, 0.2) is 0 Å². The molecule has 1 amide bonds. The second-order valence-electron chi connectivity index (χ2n) is 3.92. The first-order chi connectivity index (χ1) is 8.04. The minimum absolute atomic E-state index is 0.0651. The Labute approximate surface area is 129 Å². The highest BCUT2D eigenvalue weighted by molar-refractivity contribution is 14.1. The number of alkyl halides is 1. The summed E-state index contributed by atoms with van der Waals surface area (Å²) in [5, 5.41) is 4.48. The van der Waals surface area contributed by atoms with Crippen molar-refractivity contribution in [3.8, 4) is 0 Å². The largest absolute Gasteiger partial charge is 0.352 e. The van der Waals surface area contributed by atoms with E-state index >= 15 is 0 Å². The van der Waals surface area contributed by atoms with Gasteiger partial charge in [-0.15, -0.1) is 0 Å². The zero-order chi connectivity index (χ0) is 12.8. The van der Waals surface area contributed by atoms with Crippen LogP contribution < -0.4 is 5.32 Å². The van der Waals surface area contributed by atoms with Gasteiger partial charge < -0.3 is 5.32 Å². The molecule has 1 rings (SSSR count). The first-order valence-corrected chi connectivity index (χ1v) is 7.91. The Bertz CT molecular complexity index is 400. The molecule has 0 aliphatic rings. The van der Waals surface area contributed by atoms with E-state index in [-0.39, 0.29) is 5.91 Å². The molecule has 0 fully saturated rings. The molecule has 17 heavy (non-hydrogen) atoms. The van der Waals surface area contributed by atoms with Gasteiger partial charge in [-0.2, -0.15) is 0 Å². The molecule has 1 aromatic carbocycles. The average Bonchev–Trinajstić information content (AvgIpc) is 2.30. The van der Waals surface area contributed by atoms with Crippen LogP contribution in [0.25, 0.3) is 0 Å². The first-order valence-electron chi connectivity index (χ1n) is 5.33. The van der Waals surface area contributed by atoms with E-state index in [4.69, 9.17) is 11.6 Å². The Balaban J connectivity index is 2.55. The lowest BCUT2D eigenvalue weighted by molar-refractivity contribution is 0.0948. The number of carbonyl (C=O) groups excluding carboxylic acids is 1. The molecule has 0 spiro atoms. The molecule has 0 saturated heterocycles. The van der Waals surface area contributed by atoms with Crippen molar-refractivity contribution in [3.05, 3.63) is 32.4 Å². The van der Waals surface area contributed by atoms with Crippen molar-refractivity contribution < 1.29 is 4.79 Å². The van der Waals surface area contributed by atoms with Crippen LogP contribution in [0, 0.1) is 9.49 Å². The molecule has 94 valence electrons. The van der Waals surface area contributed by atoms with Crippen molar-refractivity contribution in [3.63, 3.8) is 0 Å². The van der Waals surface area contributed by atoms with Crippen LogP contribution in [0.3, 0.4) is 0 Å². The van der Waals surface area contributed by atoms with E-state index < -0.39 is 0 Å². The monoisotopic (exact) mass is 429 g/mol. The molecule has 2 nitrogen and oxygen atoms in total. The number of carbonyl (C=O) groups is 1. The van der Waals surface area contributed by atoms with Gasteiger partial charge in [0.2, 0.25) is 0 Å². The van der Waals surface area contributed by atoms with Crippen molar-refractivity contribution in [2.24, 2.45) is 5.92 Å². The highest BCUT2D eigenvalue weighted by atomic mass is 127. The fourth-order valence-corrected chi connectivity index (χ4v) is 2.59.